The molecular weight excluding hydrogens is 156 g/mol. The molecular formula is C9H8O3. The van der Waals surface area contributed by atoms with E-state index in [9.17, 15) is 9.59 Å². The van der Waals surface area contributed by atoms with Gasteiger partial charge in [0.25, 0.3) is 0 Å². The number of rotatable bonds is 2. The van der Waals surface area contributed by atoms with E-state index in [1.807, 2.05) is 0 Å². The standard InChI is InChI=1S/C9H8O3/c1-7(11)12-9-4-2-8(6-10)3-5-9/h2-6H,1H3/i6D. The summed E-state index contributed by atoms with van der Waals surface area (Å²) in [5.74, 6) is -0.0394. The van der Waals surface area contributed by atoms with Gasteiger partial charge in [-0.3, -0.25) is 9.59 Å². The molecule has 0 aromatic heterocycles. The number of hydrogen-bond acceptors (Lipinski definition) is 3. The van der Waals surface area contributed by atoms with Gasteiger partial charge in [0, 0.05) is 12.5 Å². The van der Waals surface area contributed by atoms with Crippen molar-refractivity contribution in [2.45, 2.75) is 6.92 Å². The largest absolute Gasteiger partial charge is 0.427 e. The number of ether oxygens (including phenoxy) is 1. The van der Waals surface area contributed by atoms with Crippen LogP contribution < -0.4 is 4.74 Å². The van der Waals surface area contributed by atoms with Crippen LogP contribution in [0.5, 0.6) is 5.75 Å². The van der Waals surface area contributed by atoms with Gasteiger partial charge >= 0.3 is 5.97 Å². The van der Waals surface area contributed by atoms with Gasteiger partial charge in [0.2, 0.25) is 0 Å². The second kappa shape index (κ2) is 3.67. The molecule has 12 heavy (non-hydrogen) atoms. The summed E-state index contributed by atoms with van der Waals surface area (Å²) in [6, 6.07) is 5.83. The van der Waals surface area contributed by atoms with Crippen molar-refractivity contribution in [1.82, 2.24) is 0 Å². The topological polar surface area (TPSA) is 43.4 Å². The first-order chi connectivity index (χ1) is 6.09. The van der Waals surface area contributed by atoms with Gasteiger partial charge < -0.3 is 4.74 Å². The third kappa shape index (κ3) is 2.20. The zero-order valence-corrected chi connectivity index (χ0v) is 6.53. The fourth-order valence-electron chi connectivity index (χ4n) is 0.757. The molecule has 1 aromatic rings. The number of benzene rings is 1. The van der Waals surface area contributed by atoms with Gasteiger partial charge in [-0.15, -0.1) is 0 Å². The smallest absolute Gasteiger partial charge is 0.308 e. The van der Waals surface area contributed by atoms with Crippen LogP contribution >= 0.6 is 0 Å². The molecule has 0 radical (unpaired) electrons. The van der Waals surface area contributed by atoms with Crippen LogP contribution in [0.15, 0.2) is 24.3 Å². The van der Waals surface area contributed by atoms with Crippen LogP contribution in [0.3, 0.4) is 0 Å². The molecule has 0 amide bonds. The maximum absolute atomic E-state index is 10.5. The normalized spacial score (nSPS) is 10.2. The van der Waals surface area contributed by atoms with Crippen LogP contribution in [0, 0.1) is 0 Å². The first-order valence-electron chi connectivity index (χ1n) is 3.89. The third-order valence-corrected chi connectivity index (χ3v) is 1.23. The monoisotopic (exact) mass is 165 g/mol. The number of aldehydes is 1. The fourth-order valence-corrected chi connectivity index (χ4v) is 0.757. The molecule has 0 aliphatic carbocycles. The minimum absolute atomic E-state index is 0.274. The number of carbonyl (C=O) groups excluding carboxylic acids is 2. The Morgan fingerprint density at radius 3 is 2.50 bits per heavy atom. The van der Waals surface area contributed by atoms with E-state index < -0.39 is 12.2 Å². The van der Waals surface area contributed by atoms with Gasteiger partial charge in [-0.25, -0.2) is 0 Å². The summed E-state index contributed by atoms with van der Waals surface area (Å²) in [5, 5.41) is 0. The summed E-state index contributed by atoms with van der Waals surface area (Å²) < 4.78 is 11.5. The van der Waals surface area contributed by atoms with Crippen molar-refractivity contribution in [3.8, 4) is 5.75 Å². The summed E-state index contributed by atoms with van der Waals surface area (Å²) in [5.41, 5.74) is 0.274. The van der Waals surface area contributed by atoms with E-state index in [4.69, 9.17) is 6.11 Å². The molecule has 0 aliphatic heterocycles. The van der Waals surface area contributed by atoms with E-state index in [2.05, 4.69) is 0 Å². The molecule has 0 saturated carbocycles. The lowest BCUT2D eigenvalue weighted by Crippen LogP contribution is -2.00. The van der Waals surface area contributed by atoms with Crippen LogP contribution in [-0.2, 0) is 4.79 Å². The number of esters is 1. The van der Waals surface area contributed by atoms with Gasteiger partial charge in [0.1, 0.15) is 13.4 Å². The summed E-state index contributed by atoms with van der Waals surface area (Å²) in [7, 11) is 0. The molecule has 0 N–H and O–H groups in total. The predicted molar refractivity (Wildman–Crippen MR) is 43.1 cm³/mol. The van der Waals surface area contributed by atoms with E-state index in [-0.39, 0.29) is 5.56 Å². The minimum atomic E-state index is -0.755. The SMILES string of the molecule is [2H]C(=O)c1ccc(OC(C)=O)cc1. The van der Waals surface area contributed by atoms with Crippen LogP contribution in [-0.4, -0.2) is 12.2 Å². The summed E-state index contributed by atoms with van der Waals surface area (Å²) >= 11 is 0. The first-order valence-corrected chi connectivity index (χ1v) is 3.39. The Morgan fingerprint density at radius 1 is 1.50 bits per heavy atom. The molecule has 0 atom stereocenters. The zero-order valence-electron chi connectivity index (χ0n) is 7.53. The Hall–Kier alpha value is -1.64. The van der Waals surface area contributed by atoms with Gasteiger partial charge in [0.05, 0.1) is 0 Å². The van der Waals surface area contributed by atoms with Crippen molar-refractivity contribution in [1.29, 1.82) is 0 Å². The lowest BCUT2D eigenvalue weighted by atomic mass is 10.2. The molecule has 1 aromatic carbocycles. The summed E-state index contributed by atoms with van der Waals surface area (Å²) in [4.78, 5) is 21.0. The van der Waals surface area contributed by atoms with Crippen LogP contribution in [0.4, 0.5) is 0 Å². The minimum Gasteiger partial charge on any atom is -0.427 e. The van der Waals surface area contributed by atoms with Crippen LogP contribution in [0.2, 0.25) is 0 Å². The number of carbonyl (C=O) groups is 2. The Kier molecular flexibility index (Phi) is 2.15. The van der Waals surface area contributed by atoms with Crippen molar-refractivity contribution in [3.63, 3.8) is 0 Å². The van der Waals surface area contributed by atoms with Crippen LogP contribution in [0.1, 0.15) is 18.7 Å². The van der Waals surface area contributed by atoms with Crippen molar-refractivity contribution < 1.29 is 15.7 Å². The zero-order chi connectivity index (χ0) is 9.84. The average Bonchev–Trinajstić information content (AvgIpc) is 2.04. The van der Waals surface area contributed by atoms with E-state index >= 15 is 0 Å². The maximum atomic E-state index is 10.5. The molecule has 0 fully saturated rings. The Bertz CT molecular complexity index is 329. The highest BCUT2D eigenvalue weighted by molar-refractivity contribution is 5.75. The summed E-state index contributed by atoms with van der Waals surface area (Å²) in [6.45, 7) is 1.30. The highest BCUT2D eigenvalue weighted by Crippen LogP contribution is 2.10. The van der Waals surface area contributed by atoms with Crippen molar-refractivity contribution in [2.24, 2.45) is 0 Å². The van der Waals surface area contributed by atoms with Gasteiger partial charge in [-0.2, -0.15) is 0 Å². The average molecular weight is 165 g/mol. The highest BCUT2D eigenvalue weighted by atomic mass is 16.5. The van der Waals surface area contributed by atoms with Crippen molar-refractivity contribution in [3.05, 3.63) is 29.8 Å². The quantitative estimate of drug-likeness (QED) is 0.378. The predicted octanol–water partition coefficient (Wildman–Crippen LogP) is 1.42. The molecule has 3 heteroatoms. The lowest BCUT2D eigenvalue weighted by Gasteiger charge is -1.99. The maximum Gasteiger partial charge on any atom is 0.308 e. The molecule has 1 rings (SSSR count). The molecule has 3 nitrogen and oxygen atoms in total. The second-order valence-corrected chi connectivity index (χ2v) is 2.22. The fraction of sp³-hybridized carbons (Fsp3) is 0.111. The van der Waals surface area contributed by atoms with E-state index in [1.54, 1.807) is 0 Å². The van der Waals surface area contributed by atoms with Gasteiger partial charge in [-0.1, -0.05) is 0 Å². The highest BCUT2D eigenvalue weighted by Gasteiger charge is 1.96. The van der Waals surface area contributed by atoms with E-state index in [0.717, 1.165) is 0 Å². The lowest BCUT2D eigenvalue weighted by molar-refractivity contribution is -0.131. The molecule has 0 heterocycles. The van der Waals surface area contributed by atoms with E-state index in [0.29, 0.717) is 5.75 Å². The van der Waals surface area contributed by atoms with Gasteiger partial charge in [-0.05, 0) is 24.3 Å². The molecule has 0 spiro atoms. The summed E-state index contributed by atoms with van der Waals surface area (Å²) in [6.07, 6.45) is -0.755. The van der Waals surface area contributed by atoms with Crippen molar-refractivity contribution in [2.75, 3.05) is 0 Å². The Morgan fingerprint density at radius 2 is 2.08 bits per heavy atom. The van der Waals surface area contributed by atoms with Gasteiger partial charge in [0.15, 0.2) is 0 Å². The molecule has 0 saturated heterocycles. The molecule has 62 valence electrons. The van der Waals surface area contributed by atoms with Crippen molar-refractivity contribution >= 4 is 12.2 Å². The molecule has 0 bridgehead atoms. The second-order valence-electron chi connectivity index (χ2n) is 2.22. The van der Waals surface area contributed by atoms with Crippen LogP contribution in [0.25, 0.3) is 0 Å². The Balaban J connectivity index is 2.81. The Labute approximate surface area is 71.4 Å². The third-order valence-electron chi connectivity index (χ3n) is 1.23. The number of hydrogen-bond donors (Lipinski definition) is 0. The molecule has 0 unspecified atom stereocenters. The molecule has 0 aliphatic rings. The first kappa shape index (κ1) is 7.03. The van der Waals surface area contributed by atoms with E-state index in [1.165, 1.54) is 31.2 Å².